The summed E-state index contributed by atoms with van der Waals surface area (Å²) in [6, 6.07) is 11.6. The number of carbonyl (C=O) groups is 1. The monoisotopic (exact) mass is 471 g/mol. The summed E-state index contributed by atoms with van der Waals surface area (Å²) >= 11 is 1.17. The molecule has 3 aromatic rings. The lowest BCUT2D eigenvalue weighted by Gasteiger charge is -2.28. The van der Waals surface area contributed by atoms with Gasteiger partial charge in [-0.25, -0.2) is 13.4 Å². The normalized spacial score (nSPS) is 13.3. The fourth-order valence-corrected chi connectivity index (χ4v) is 5.17. The molecule has 0 saturated carbocycles. The number of fused-ring (bicyclic) bond motifs is 1. The van der Waals surface area contributed by atoms with Gasteiger partial charge in [0.2, 0.25) is 0 Å². The molecule has 0 unspecified atom stereocenters. The number of rotatable bonds is 8. The number of thiazole rings is 1. The minimum absolute atomic E-state index is 0.0195. The number of carbonyl (C=O) groups excluding carboxylic acids is 1. The van der Waals surface area contributed by atoms with E-state index in [1.807, 2.05) is 13.0 Å². The first-order valence-corrected chi connectivity index (χ1v) is 12.2. The van der Waals surface area contributed by atoms with Crippen molar-refractivity contribution in [3.63, 3.8) is 0 Å². The van der Waals surface area contributed by atoms with Crippen LogP contribution in [0.1, 0.15) is 6.92 Å². The fraction of sp³-hybridized carbons (Fsp3) is 0.182. The molecule has 2 aromatic carbocycles. The summed E-state index contributed by atoms with van der Waals surface area (Å²) < 4.78 is 38.8. The molecule has 0 radical (unpaired) electrons. The highest BCUT2D eigenvalue weighted by molar-refractivity contribution is 7.93. The highest BCUT2D eigenvalue weighted by atomic mass is 32.2. The van der Waals surface area contributed by atoms with Crippen LogP contribution < -0.4 is 19.1 Å². The van der Waals surface area contributed by atoms with Gasteiger partial charge >= 0.3 is 0 Å². The Hall–Kier alpha value is -3.37. The van der Waals surface area contributed by atoms with Crippen molar-refractivity contribution >= 4 is 38.1 Å². The minimum Gasteiger partial charge on any atom is -0.494 e. The fourth-order valence-electron chi connectivity index (χ4n) is 3.20. The van der Waals surface area contributed by atoms with Crippen LogP contribution in [0.25, 0.3) is 11.3 Å². The van der Waals surface area contributed by atoms with Crippen LogP contribution in [0.2, 0.25) is 0 Å². The van der Waals surface area contributed by atoms with Crippen LogP contribution in [-0.4, -0.2) is 39.1 Å². The second-order valence-electron chi connectivity index (χ2n) is 6.81. The van der Waals surface area contributed by atoms with Gasteiger partial charge in [-0.2, -0.15) is 0 Å². The lowest BCUT2D eigenvalue weighted by atomic mass is 10.1. The maximum atomic E-state index is 12.7. The lowest BCUT2D eigenvalue weighted by molar-refractivity contribution is -0.121. The summed E-state index contributed by atoms with van der Waals surface area (Å²) in [5.41, 5.74) is 1.95. The molecule has 0 bridgehead atoms. The molecule has 1 aliphatic rings. The standard InChI is InChI=1S/C22H21N3O5S2/c1-3-11-25-19-12-15(5-10-20(19)30-13-21(25)26)18-14-31-22(23-18)24-32(27,28)17-8-6-16(7-9-17)29-4-2/h3,5-10,12,14H,1,4,11,13H2,2H3,(H,23,24). The lowest BCUT2D eigenvalue weighted by Crippen LogP contribution is -2.38. The predicted octanol–water partition coefficient (Wildman–Crippen LogP) is 3.92. The van der Waals surface area contributed by atoms with E-state index in [2.05, 4.69) is 16.3 Å². The van der Waals surface area contributed by atoms with Crippen molar-refractivity contribution in [2.75, 3.05) is 29.4 Å². The van der Waals surface area contributed by atoms with Gasteiger partial charge in [0, 0.05) is 17.5 Å². The molecule has 1 amide bonds. The van der Waals surface area contributed by atoms with Crippen molar-refractivity contribution in [1.29, 1.82) is 0 Å². The Balaban J connectivity index is 1.56. The molecule has 10 heteroatoms. The Labute approximate surface area is 190 Å². The van der Waals surface area contributed by atoms with E-state index in [4.69, 9.17) is 9.47 Å². The molecule has 32 heavy (non-hydrogen) atoms. The van der Waals surface area contributed by atoms with Crippen molar-refractivity contribution in [3.05, 3.63) is 60.5 Å². The molecule has 8 nitrogen and oxygen atoms in total. The summed E-state index contributed by atoms with van der Waals surface area (Å²) in [5.74, 6) is 1.04. The van der Waals surface area contributed by atoms with E-state index in [0.29, 0.717) is 36.0 Å². The van der Waals surface area contributed by atoms with Crippen LogP contribution in [0.5, 0.6) is 11.5 Å². The maximum Gasteiger partial charge on any atom is 0.265 e. The highest BCUT2D eigenvalue weighted by Gasteiger charge is 2.25. The second kappa shape index (κ2) is 9.01. The number of anilines is 2. The molecular weight excluding hydrogens is 450 g/mol. The predicted molar refractivity (Wildman–Crippen MR) is 124 cm³/mol. The van der Waals surface area contributed by atoms with Crippen LogP contribution in [0.15, 0.2) is 65.4 Å². The number of sulfonamides is 1. The molecule has 2 heterocycles. The Kier molecular flexibility index (Phi) is 6.15. The first-order valence-electron chi connectivity index (χ1n) is 9.81. The van der Waals surface area contributed by atoms with Gasteiger partial charge in [-0.1, -0.05) is 6.08 Å². The third kappa shape index (κ3) is 4.46. The van der Waals surface area contributed by atoms with Crippen LogP contribution in [0.4, 0.5) is 10.8 Å². The number of hydrogen-bond acceptors (Lipinski definition) is 7. The van der Waals surface area contributed by atoms with Gasteiger partial charge in [-0.3, -0.25) is 9.52 Å². The minimum atomic E-state index is -3.79. The number of nitrogens with one attached hydrogen (secondary N) is 1. The number of ether oxygens (including phenoxy) is 2. The molecule has 0 aliphatic carbocycles. The van der Waals surface area contributed by atoms with E-state index in [1.165, 1.54) is 23.5 Å². The third-order valence-electron chi connectivity index (χ3n) is 4.68. The van der Waals surface area contributed by atoms with Gasteiger partial charge in [-0.05, 0) is 49.4 Å². The first kappa shape index (κ1) is 21.8. The van der Waals surface area contributed by atoms with E-state index >= 15 is 0 Å². The van der Waals surface area contributed by atoms with Gasteiger partial charge in [0.25, 0.3) is 15.9 Å². The Morgan fingerprint density at radius 3 is 2.78 bits per heavy atom. The smallest absolute Gasteiger partial charge is 0.265 e. The van der Waals surface area contributed by atoms with Crippen LogP contribution >= 0.6 is 11.3 Å². The third-order valence-corrected chi connectivity index (χ3v) is 6.92. The summed E-state index contributed by atoms with van der Waals surface area (Å²) in [4.78, 5) is 18.3. The molecule has 0 atom stereocenters. The largest absolute Gasteiger partial charge is 0.494 e. The summed E-state index contributed by atoms with van der Waals surface area (Å²) in [7, 11) is -3.79. The van der Waals surface area contributed by atoms with E-state index in [-0.39, 0.29) is 22.5 Å². The average molecular weight is 472 g/mol. The molecule has 0 fully saturated rings. The van der Waals surface area contributed by atoms with Crippen LogP contribution in [-0.2, 0) is 14.8 Å². The number of nitrogens with zero attached hydrogens (tertiary/aromatic N) is 2. The highest BCUT2D eigenvalue weighted by Crippen LogP contribution is 2.37. The number of aromatic nitrogens is 1. The van der Waals surface area contributed by atoms with Crippen LogP contribution in [0, 0.1) is 0 Å². The Morgan fingerprint density at radius 2 is 2.06 bits per heavy atom. The molecule has 1 aromatic heterocycles. The molecule has 4 rings (SSSR count). The summed E-state index contributed by atoms with van der Waals surface area (Å²) in [5, 5.41) is 1.99. The quantitative estimate of drug-likeness (QED) is 0.500. The van der Waals surface area contributed by atoms with Gasteiger partial charge in [0.15, 0.2) is 11.7 Å². The van der Waals surface area contributed by atoms with E-state index in [1.54, 1.807) is 40.6 Å². The topological polar surface area (TPSA) is 97.8 Å². The zero-order valence-electron chi connectivity index (χ0n) is 17.3. The second-order valence-corrected chi connectivity index (χ2v) is 9.35. The van der Waals surface area contributed by atoms with E-state index in [9.17, 15) is 13.2 Å². The molecule has 0 spiro atoms. The SMILES string of the molecule is C=CCN1C(=O)COc2ccc(-c3csc(NS(=O)(=O)c4ccc(OCC)cc4)n3)cc21. The average Bonchev–Trinajstić information content (AvgIpc) is 3.24. The zero-order chi connectivity index (χ0) is 22.7. The molecule has 1 N–H and O–H groups in total. The van der Waals surface area contributed by atoms with Gasteiger partial charge in [0.05, 0.1) is 22.9 Å². The molecule has 0 saturated heterocycles. The Morgan fingerprint density at radius 1 is 1.28 bits per heavy atom. The molecule has 1 aliphatic heterocycles. The molecular formula is C22H21N3O5S2. The Bertz CT molecular complexity index is 1250. The van der Waals surface area contributed by atoms with Gasteiger partial charge < -0.3 is 14.4 Å². The first-order chi connectivity index (χ1) is 15.4. The van der Waals surface area contributed by atoms with E-state index < -0.39 is 10.0 Å². The van der Waals surface area contributed by atoms with Gasteiger partial charge in [0.1, 0.15) is 11.5 Å². The van der Waals surface area contributed by atoms with E-state index in [0.717, 1.165) is 5.56 Å². The maximum absolute atomic E-state index is 12.7. The zero-order valence-corrected chi connectivity index (χ0v) is 18.9. The van der Waals surface area contributed by atoms with Crippen molar-refractivity contribution in [2.24, 2.45) is 0 Å². The number of benzene rings is 2. The number of hydrogen-bond donors (Lipinski definition) is 1. The number of amides is 1. The summed E-state index contributed by atoms with van der Waals surface area (Å²) in [6.45, 7) is 6.40. The van der Waals surface area contributed by atoms with Crippen molar-refractivity contribution in [2.45, 2.75) is 11.8 Å². The summed E-state index contributed by atoms with van der Waals surface area (Å²) in [6.07, 6.45) is 1.65. The van der Waals surface area contributed by atoms with Crippen molar-refractivity contribution in [3.8, 4) is 22.8 Å². The van der Waals surface area contributed by atoms with Crippen LogP contribution in [0.3, 0.4) is 0 Å². The molecule has 166 valence electrons. The van der Waals surface area contributed by atoms with Gasteiger partial charge in [-0.15, -0.1) is 17.9 Å². The van der Waals surface area contributed by atoms with Crippen molar-refractivity contribution in [1.82, 2.24) is 4.98 Å². The van der Waals surface area contributed by atoms with Crippen molar-refractivity contribution < 1.29 is 22.7 Å².